The molecule has 1 aliphatic rings. The van der Waals surface area contributed by atoms with Gasteiger partial charge < -0.3 is 0 Å². The highest BCUT2D eigenvalue weighted by molar-refractivity contribution is 5.88. The molecular formula is C39H30. The third-order valence-electron chi connectivity index (χ3n) is 8.27. The highest BCUT2D eigenvalue weighted by atomic mass is 14.4. The predicted molar refractivity (Wildman–Crippen MR) is 168 cm³/mol. The number of benzene rings is 6. The van der Waals surface area contributed by atoms with Gasteiger partial charge in [-0.25, -0.2) is 0 Å². The zero-order valence-corrected chi connectivity index (χ0v) is 22.4. The van der Waals surface area contributed by atoms with Crippen LogP contribution in [0.25, 0.3) is 56.3 Å². The van der Waals surface area contributed by atoms with Crippen LogP contribution in [0.3, 0.4) is 0 Å². The molecule has 0 fully saturated rings. The summed E-state index contributed by atoms with van der Waals surface area (Å²) in [5.41, 5.74) is 12.9. The summed E-state index contributed by atoms with van der Waals surface area (Å²) in [4.78, 5) is 0. The summed E-state index contributed by atoms with van der Waals surface area (Å²) < 4.78 is 0. The van der Waals surface area contributed by atoms with Gasteiger partial charge in [0.15, 0.2) is 0 Å². The van der Waals surface area contributed by atoms with Crippen molar-refractivity contribution in [1.82, 2.24) is 0 Å². The van der Waals surface area contributed by atoms with Crippen LogP contribution in [0.5, 0.6) is 0 Å². The van der Waals surface area contributed by atoms with Crippen molar-refractivity contribution in [1.29, 1.82) is 0 Å². The summed E-state index contributed by atoms with van der Waals surface area (Å²) in [6.07, 6.45) is 4.41. The zero-order valence-electron chi connectivity index (χ0n) is 22.4. The lowest BCUT2D eigenvalue weighted by atomic mass is 9.81. The zero-order chi connectivity index (χ0) is 26.4. The summed E-state index contributed by atoms with van der Waals surface area (Å²) in [6.45, 7) is 4.71. The Morgan fingerprint density at radius 3 is 1.69 bits per heavy atom. The molecule has 0 N–H and O–H groups in total. The fraction of sp³-hybridized carbons (Fsp3) is 0.0769. The van der Waals surface area contributed by atoms with E-state index in [-0.39, 0.29) is 5.41 Å². The third kappa shape index (κ3) is 4.19. The van der Waals surface area contributed by atoms with Crippen LogP contribution in [-0.4, -0.2) is 0 Å². The number of fused-ring (bicyclic) bond motifs is 4. The summed E-state index contributed by atoms with van der Waals surface area (Å²) in [6, 6.07) is 48.6. The SMILES string of the molecule is CC1(C)c2cc(/C=C/c3ccccc3)ccc2-c2ccc(-c3ccc(-c4ccc5ccccc5c4)cc3)cc21. The Balaban J connectivity index is 1.19. The van der Waals surface area contributed by atoms with Gasteiger partial charge in [-0.3, -0.25) is 0 Å². The van der Waals surface area contributed by atoms with Gasteiger partial charge in [0.1, 0.15) is 0 Å². The van der Waals surface area contributed by atoms with Gasteiger partial charge in [-0.2, -0.15) is 0 Å². The Bertz CT molecular complexity index is 1850. The molecule has 0 saturated carbocycles. The van der Waals surface area contributed by atoms with Gasteiger partial charge in [-0.05, 0) is 78.5 Å². The van der Waals surface area contributed by atoms with Crippen molar-refractivity contribution in [2.45, 2.75) is 19.3 Å². The van der Waals surface area contributed by atoms with Crippen LogP contribution in [0, 0.1) is 0 Å². The molecule has 6 aromatic carbocycles. The van der Waals surface area contributed by atoms with Gasteiger partial charge in [-0.1, -0.05) is 147 Å². The molecule has 0 atom stereocenters. The smallest absolute Gasteiger partial charge is 0.0159 e. The molecule has 0 aromatic heterocycles. The average Bonchev–Trinajstić information content (AvgIpc) is 3.22. The third-order valence-corrected chi connectivity index (χ3v) is 8.27. The maximum atomic E-state index is 2.40. The molecule has 39 heavy (non-hydrogen) atoms. The van der Waals surface area contributed by atoms with Gasteiger partial charge in [0.25, 0.3) is 0 Å². The summed E-state index contributed by atoms with van der Waals surface area (Å²) >= 11 is 0. The first-order valence-corrected chi connectivity index (χ1v) is 13.7. The fourth-order valence-corrected chi connectivity index (χ4v) is 6.02. The van der Waals surface area contributed by atoms with Crippen LogP contribution in [0.1, 0.15) is 36.1 Å². The van der Waals surface area contributed by atoms with Crippen molar-refractivity contribution in [3.63, 3.8) is 0 Å². The van der Waals surface area contributed by atoms with Crippen molar-refractivity contribution >= 4 is 22.9 Å². The molecule has 0 heteroatoms. The van der Waals surface area contributed by atoms with E-state index in [1.807, 2.05) is 0 Å². The second kappa shape index (κ2) is 9.26. The van der Waals surface area contributed by atoms with Crippen molar-refractivity contribution in [2.24, 2.45) is 0 Å². The Labute approximate surface area is 230 Å². The molecule has 0 aliphatic heterocycles. The molecule has 0 unspecified atom stereocenters. The average molecular weight is 499 g/mol. The number of hydrogen-bond acceptors (Lipinski definition) is 0. The lowest BCUT2D eigenvalue weighted by molar-refractivity contribution is 0.660. The number of hydrogen-bond donors (Lipinski definition) is 0. The minimum atomic E-state index is -0.0533. The lowest BCUT2D eigenvalue weighted by Gasteiger charge is -2.22. The molecule has 0 radical (unpaired) electrons. The second-order valence-electron chi connectivity index (χ2n) is 11.1. The highest BCUT2D eigenvalue weighted by Gasteiger charge is 2.35. The summed E-state index contributed by atoms with van der Waals surface area (Å²) in [7, 11) is 0. The molecule has 6 aromatic rings. The van der Waals surface area contributed by atoms with E-state index in [1.165, 1.54) is 66.4 Å². The minimum Gasteiger partial charge on any atom is -0.0622 e. The maximum Gasteiger partial charge on any atom is 0.0159 e. The normalized spacial score (nSPS) is 13.5. The van der Waals surface area contributed by atoms with Gasteiger partial charge in [0.05, 0.1) is 0 Å². The maximum absolute atomic E-state index is 2.40. The van der Waals surface area contributed by atoms with Crippen LogP contribution in [0.2, 0.25) is 0 Å². The van der Waals surface area contributed by atoms with E-state index in [4.69, 9.17) is 0 Å². The molecule has 7 rings (SSSR count). The van der Waals surface area contributed by atoms with Crippen LogP contribution < -0.4 is 0 Å². The van der Waals surface area contributed by atoms with E-state index in [1.54, 1.807) is 0 Å². The minimum absolute atomic E-state index is 0.0533. The van der Waals surface area contributed by atoms with Crippen molar-refractivity contribution in [3.8, 4) is 33.4 Å². The van der Waals surface area contributed by atoms with E-state index in [0.29, 0.717) is 0 Å². The summed E-state index contributed by atoms with van der Waals surface area (Å²) in [5.74, 6) is 0. The molecule has 0 bridgehead atoms. The van der Waals surface area contributed by atoms with Gasteiger partial charge >= 0.3 is 0 Å². The summed E-state index contributed by atoms with van der Waals surface area (Å²) in [5, 5.41) is 2.55. The molecule has 1 aliphatic carbocycles. The van der Waals surface area contributed by atoms with Crippen molar-refractivity contribution in [3.05, 3.63) is 156 Å². The van der Waals surface area contributed by atoms with Crippen molar-refractivity contribution < 1.29 is 0 Å². The first-order valence-electron chi connectivity index (χ1n) is 13.7. The molecule has 0 nitrogen and oxygen atoms in total. The lowest BCUT2D eigenvalue weighted by Crippen LogP contribution is -2.15. The van der Waals surface area contributed by atoms with Crippen molar-refractivity contribution in [2.75, 3.05) is 0 Å². The van der Waals surface area contributed by atoms with Gasteiger partial charge in [0.2, 0.25) is 0 Å². The molecular weight excluding hydrogens is 468 g/mol. The monoisotopic (exact) mass is 498 g/mol. The van der Waals surface area contributed by atoms with E-state index in [9.17, 15) is 0 Å². The standard InChI is InChI=1S/C39H30/c1-39(2)37-24-28(13-12-27-8-4-3-5-9-27)14-22-35(37)36-23-21-34(26-38(36)39)31-17-15-30(16-18-31)33-20-19-29-10-6-7-11-32(29)25-33/h3-26H,1-2H3/b13-12+. The Hall–Kier alpha value is -4.68. The Morgan fingerprint density at radius 2 is 0.949 bits per heavy atom. The molecule has 0 amide bonds. The molecule has 186 valence electrons. The second-order valence-corrected chi connectivity index (χ2v) is 11.1. The quantitative estimate of drug-likeness (QED) is 0.212. The van der Waals surface area contributed by atoms with E-state index in [0.717, 1.165) is 0 Å². The van der Waals surface area contributed by atoms with E-state index >= 15 is 0 Å². The molecule has 0 spiro atoms. The largest absolute Gasteiger partial charge is 0.0622 e. The highest BCUT2D eigenvalue weighted by Crippen LogP contribution is 2.50. The van der Waals surface area contributed by atoms with Crippen LogP contribution >= 0.6 is 0 Å². The van der Waals surface area contributed by atoms with Crippen LogP contribution in [0.15, 0.2) is 133 Å². The molecule has 0 saturated heterocycles. The first-order chi connectivity index (χ1) is 19.1. The Morgan fingerprint density at radius 1 is 0.410 bits per heavy atom. The van der Waals surface area contributed by atoms with Gasteiger partial charge in [0, 0.05) is 5.41 Å². The molecule has 0 heterocycles. The van der Waals surface area contributed by atoms with Gasteiger partial charge in [-0.15, -0.1) is 0 Å². The van der Waals surface area contributed by atoms with E-state index < -0.39 is 0 Å². The topological polar surface area (TPSA) is 0 Å². The van der Waals surface area contributed by atoms with Crippen LogP contribution in [0.4, 0.5) is 0 Å². The Kier molecular flexibility index (Phi) is 5.56. The van der Waals surface area contributed by atoms with E-state index in [2.05, 4.69) is 159 Å². The number of rotatable bonds is 4. The van der Waals surface area contributed by atoms with Crippen LogP contribution in [-0.2, 0) is 5.41 Å². The predicted octanol–water partition coefficient (Wildman–Crippen LogP) is 10.7. The first kappa shape index (κ1) is 23.4. The fourth-order valence-electron chi connectivity index (χ4n) is 6.02.